The van der Waals surface area contributed by atoms with Gasteiger partial charge in [-0.05, 0) is 31.2 Å². The van der Waals surface area contributed by atoms with Crippen LogP contribution in [0.2, 0.25) is 0 Å². The Labute approximate surface area is 165 Å². The molecule has 0 aromatic heterocycles. The van der Waals surface area contributed by atoms with Crippen molar-refractivity contribution in [2.75, 3.05) is 44.2 Å². The summed E-state index contributed by atoms with van der Waals surface area (Å²) < 4.78 is 5.71. The Kier molecular flexibility index (Phi) is 6.86. The molecule has 0 atom stereocenters. The van der Waals surface area contributed by atoms with Gasteiger partial charge >= 0.3 is 0 Å². The van der Waals surface area contributed by atoms with Crippen molar-refractivity contribution in [3.63, 3.8) is 0 Å². The van der Waals surface area contributed by atoms with E-state index in [0.29, 0.717) is 12.2 Å². The van der Waals surface area contributed by atoms with Gasteiger partial charge in [-0.3, -0.25) is 25.3 Å². The lowest BCUT2D eigenvalue weighted by Crippen LogP contribution is -2.52. The van der Waals surface area contributed by atoms with Gasteiger partial charge in [0.1, 0.15) is 5.75 Å². The topological polar surface area (TPSA) is 73.9 Å². The predicted molar refractivity (Wildman–Crippen MR) is 108 cm³/mol. The maximum absolute atomic E-state index is 12.1. The average molecular weight is 382 g/mol. The number of hydrogen-bond acceptors (Lipinski definition) is 5. The number of nitrogens with one attached hydrogen (secondary N) is 2. The van der Waals surface area contributed by atoms with Crippen molar-refractivity contribution in [1.82, 2.24) is 15.8 Å². The summed E-state index contributed by atoms with van der Waals surface area (Å²) in [5.41, 5.74) is 6.53. The number of carbonyl (C=O) groups excluding carboxylic acids is 2. The normalized spacial score (nSPS) is 14.4. The molecule has 7 heteroatoms. The Morgan fingerprint density at radius 2 is 1.61 bits per heavy atom. The zero-order valence-electron chi connectivity index (χ0n) is 16.1. The number of ether oxygens (including phenoxy) is 1. The monoisotopic (exact) mass is 382 g/mol. The first kappa shape index (κ1) is 19.7. The molecule has 2 aromatic rings. The standard InChI is InChI=1S/C21H26N4O3/c1-2-28-19-11-7-6-10-18(19)25-14-12-24(13-15-25)16-20(26)22-23-21(27)17-8-4-3-5-9-17/h3-11H,2,12-16H2,1H3,(H,22,26)(H,23,27). The average Bonchev–Trinajstić information content (AvgIpc) is 2.74. The number of nitrogens with zero attached hydrogens (tertiary/aromatic N) is 2. The quantitative estimate of drug-likeness (QED) is 0.744. The predicted octanol–water partition coefficient (Wildman–Crippen LogP) is 1.67. The highest BCUT2D eigenvalue weighted by molar-refractivity contribution is 5.95. The highest BCUT2D eigenvalue weighted by atomic mass is 16.5. The lowest BCUT2D eigenvalue weighted by molar-refractivity contribution is -0.123. The smallest absolute Gasteiger partial charge is 0.269 e. The van der Waals surface area contributed by atoms with Crippen LogP contribution in [0.1, 0.15) is 17.3 Å². The van der Waals surface area contributed by atoms with E-state index in [4.69, 9.17) is 4.74 Å². The number of hydrogen-bond donors (Lipinski definition) is 2. The number of rotatable bonds is 6. The molecule has 2 aromatic carbocycles. The van der Waals surface area contributed by atoms with Crippen molar-refractivity contribution in [1.29, 1.82) is 0 Å². The van der Waals surface area contributed by atoms with Gasteiger partial charge < -0.3 is 9.64 Å². The fraction of sp³-hybridized carbons (Fsp3) is 0.333. The fourth-order valence-electron chi connectivity index (χ4n) is 3.17. The van der Waals surface area contributed by atoms with E-state index in [1.807, 2.05) is 31.2 Å². The third kappa shape index (κ3) is 5.23. The molecule has 1 aliphatic rings. The highest BCUT2D eigenvalue weighted by Gasteiger charge is 2.21. The van der Waals surface area contributed by atoms with Crippen LogP contribution in [0.25, 0.3) is 0 Å². The van der Waals surface area contributed by atoms with Gasteiger partial charge in [-0.1, -0.05) is 30.3 Å². The lowest BCUT2D eigenvalue weighted by atomic mass is 10.2. The number of piperazine rings is 1. The van der Waals surface area contributed by atoms with Gasteiger partial charge in [0.2, 0.25) is 0 Å². The molecule has 2 amide bonds. The van der Waals surface area contributed by atoms with Crippen molar-refractivity contribution in [2.45, 2.75) is 6.92 Å². The summed E-state index contributed by atoms with van der Waals surface area (Å²) in [6.07, 6.45) is 0. The van der Waals surface area contributed by atoms with Gasteiger partial charge in [0.05, 0.1) is 18.8 Å². The number of anilines is 1. The van der Waals surface area contributed by atoms with Crippen molar-refractivity contribution >= 4 is 17.5 Å². The van der Waals surface area contributed by atoms with Crippen LogP contribution in [-0.4, -0.2) is 56.0 Å². The Balaban J connectivity index is 1.44. The fourth-order valence-corrected chi connectivity index (χ4v) is 3.17. The number of benzene rings is 2. The molecule has 7 nitrogen and oxygen atoms in total. The number of hydrazine groups is 1. The molecule has 1 aliphatic heterocycles. The molecular formula is C21H26N4O3. The largest absolute Gasteiger partial charge is 0.492 e. The number of para-hydroxylation sites is 2. The van der Waals surface area contributed by atoms with Crippen LogP contribution in [0.5, 0.6) is 5.75 Å². The zero-order valence-corrected chi connectivity index (χ0v) is 16.1. The van der Waals surface area contributed by atoms with E-state index in [1.165, 1.54) is 0 Å². The van der Waals surface area contributed by atoms with Crippen LogP contribution in [0.4, 0.5) is 5.69 Å². The molecule has 1 saturated heterocycles. The summed E-state index contributed by atoms with van der Waals surface area (Å²) in [5, 5.41) is 0. The van der Waals surface area contributed by atoms with E-state index in [9.17, 15) is 9.59 Å². The number of carbonyl (C=O) groups is 2. The van der Waals surface area contributed by atoms with Crippen molar-refractivity contribution in [2.24, 2.45) is 0 Å². The molecule has 0 unspecified atom stereocenters. The second-order valence-corrected chi connectivity index (χ2v) is 6.53. The van der Waals surface area contributed by atoms with Crippen LogP contribution >= 0.6 is 0 Å². The van der Waals surface area contributed by atoms with Gasteiger partial charge in [0, 0.05) is 31.7 Å². The maximum atomic E-state index is 12.1. The minimum absolute atomic E-state index is 0.229. The molecule has 1 heterocycles. The Bertz CT molecular complexity index is 789. The third-order valence-electron chi connectivity index (χ3n) is 4.60. The summed E-state index contributed by atoms with van der Waals surface area (Å²) in [5.74, 6) is 0.332. The first-order valence-corrected chi connectivity index (χ1v) is 9.50. The molecule has 0 radical (unpaired) electrons. The van der Waals surface area contributed by atoms with Crippen LogP contribution in [0, 0.1) is 0 Å². The minimum atomic E-state index is -0.327. The second-order valence-electron chi connectivity index (χ2n) is 6.53. The van der Waals surface area contributed by atoms with Gasteiger partial charge in [-0.2, -0.15) is 0 Å². The molecule has 28 heavy (non-hydrogen) atoms. The van der Waals surface area contributed by atoms with E-state index < -0.39 is 0 Å². The van der Waals surface area contributed by atoms with Gasteiger partial charge in [-0.15, -0.1) is 0 Å². The SMILES string of the molecule is CCOc1ccccc1N1CCN(CC(=O)NNC(=O)c2ccccc2)CC1. The molecule has 3 rings (SSSR count). The molecule has 0 saturated carbocycles. The molecule has 148 valence electrons. The summed E-state index contributed by atoms with van der Waals surface area (Å²) in [7, 11) is 0. The Morgan fingerprint density at radius 3 is 2.32 bits per heavy atom. The van der Waals surface area contributed by atoms with Gasteiger partial charge in [-0.25, -0.2) is 0 Å². The molecule has 0 spiro atoms. The number of amides is 2. The van der Waals surface area contributed by atoms with Crippen molar-refractivity contribution in [3.05, 3.63) is 60.2 Å². The maximum Gasteiger partial charge on any atom is 0.269 e. The van der Waals surface area contributed by atoms with Gasteiger partial charge in [0.15, 0.2) is 0 Å². The van der Waals surface area contributed by atoms with Crippen molar-refractivity contribution < 1.29 is 14.3 Å². The third-order valence-corrected chi connectivity index (χ3v) is 4.60. The first-order chi connectivity index (χ1) is 13.7. The van der Waals surface area contributed by atoms with Gasteiger partial charge in [0.25, 0.3) is 11.8 Å². The summed E-state index contributed by atoms with van der Waals surface area (Å²) >= 11 is 0. The molecule has 2 N–H and O–H groups in total. The van der Waals surface area contributed by atoms with E-state index in [-0.39, 0.29) is 18.4 Å². The molecule has 0 bridgehead atoms. The lowest BCUT2D eigenvalue weighted by Gasteiger charge is -2.36. The molecular weight excluding hydrogens is 356 g/mol. The summed E-state index contributed by atoms with van der Waals surface area (Å²) in [6.45, 7) is 6.01. The van der Waals surface area contributed by atoms with E-state index >= 15 is 0 Å². The van der Waals surface area contributed by atoms with Crippen LogP contribution in [-0.2, 0) is 4.79 Å². The summed E-state index contributed by atoms with van der Waals surface area (Å²) in [6, 6.07) is 16.8. The Hall–Kier alpha value is -3.06. The first-order valence-electron chi connectivity index (χ1n) is 9.50. The van der Waals surface area contributed by atoms with Crippen LogP contribution < -0.4 is 20.5 Å². The summed E-state index contributed by atoms with van der Waals surface area (Å²) in [4.78, 5) is 28.5. The van der Waals surface area contributed by atoms with E-state index in [0.717, 1.165) is 37.6 Å². The minimum Gasteiger partial charge on any atom is -0.492 e. The highest BCUT2D eigenvalue weighted by Crippen LogP contribution is 2.28. The van der Waals surface area contributed by atoms with Crippen LogP contribution in [0.3, 0.4) is 0 Å². The second kappa shape index (κ2) is 9.75. The van der Waals surface area contributed by atoms with E-state index in [2.05, 4.69) is 26.7 Å². The molecule has 1 fully saturated rings. The van der Waals surface area contributed by atoms with Crippen LogP contribution in [0.15, 0.2) is 54.6 Å². The van der Waals surface area contributed by atoms with Crippen molar-refractivity contribution in [3.8, 4) is 5.75 Å². The zero-order chi connectivity index (χ0) is 19.8. The van der Waals surface area contributed by atoms with E-state index in [1.54, 1.807) is 24.3 Å². The Morgan fingerprint density at radius 1 is 0.929 bits per heavy atom. The molecule has 0 aliphatic carbocycles.